The molecule has 1 N–H and O–H groups in total. The third-order valence-corrected chi connectivity index (χ3v) is 2.97. The van der Waals surface area contributed by atoms with Gasteiger partial charge >= 0.3 is 0 Å². The summed E-state index contributed by atoms with van der Waals surface area (Å²) in [6.07, 6.45) is 1.39. The van der Waals surface area contributed by atoms with Gasteiger partial charge in [0.1, 0.15) is 12.1 Å². The van der Waals surface area contributed by atoms with Crippen molar-refractivity contribution in [1.82, 2.24) is 25.3 Å². The minimum absolute atomic E-state index is 0.380. The van der Waals surface area contributed by atoms with Crippen LogP contribution in [0.15, 0.2) is 22.3 Å². The summed E-state index contributed by atoms with van der Waals surface area (Å²) in [7, 11) is 1.61. The first-order chi connectivity index (χ1) is 8.36. The Morgan fingerprint density at radius 2 is 2.41 bits per heavy atom. The van der Waals surface area contributed by atoms with E-state index in [4.69, 9.17) is 9.26 Å². The zero-order chi connectivity index (χ0) is 11.7. The molecular formula is C9H7N5O2S. The van der Waals surface area contributed by atoms with Crippen molar-refractivity contribution in [2.75, 3.05) is 7.11 Å². The van der Waals surface area contributed by atoms with Gasteiger partial charge in [0, 0.05) is 11.4 Å². The summed E-state index contributed by atoms with van der Waals surface area (Å²) >= 11 is 1.47. The van der Waals surface area contributed by atoms with E-state index in [0.717, 1.165) is 10.6 Å². The van der Waals surface area contributed by atoms with Gasteiger partial charge in [-0.2, -0.15) is 10.1 Å². The Balaban J connectivity index is 1.94. The maximum atomic E-state index is 5.14. The minimum Gasteiger partial charge on any atom is -0.496 e. The highest BCUT2D eigenvalue weighted by atomic mass is 32.1. The van der Waals surface area contributed by atoms with Crippen molar-refractivity contribution < 1.29 is 9.26 Å². The second-order valence-electron chi connectivity index (χ2n) is 3.11. The zero-order valence-corrected chi connectivity index (χ0v) is 9.56. The number of rotatable bonds is 3. The Labute approximate surface area is 99.5 Å². The van der Waals surface area contributed by atoms with E-state index >= 15 is 0 Å². The normalized spacial score (nSPS) is 10.6. The van der Waals surface area contributed by atoms with Gasteiger partial charge in [0.25, 0.3) is 5.89 Å². The molecule has 0 unspecified atom stereocenters. The van der Waals surface area contributed by atoms with Gasteiger partial charge in [-0.25, -0.2) is 4.98 Å². The minimum atomic E-state index is 0.380. The fraction of sp³-hybridized carbons (Fsp3) is 0.111. The summed E-state index contributed by atoms with van der Waals surface area (Å²) in [6.45, 7) is 0. The highest BCUT2D eigenvalue weighted by Crippen LogP contribution is 2.30. The van der Waals surface area contributed by atoms with Crippen molar-refractivity contribution in [3.8, 4) is 28.2 Å². The molecule has 7 nitrogen and oxygen atoms in total. The maximum Gasteiger partial charge on any atom is 0.268 e. The average Bonchev–Trinajstić information content (AvgIpc) is 3.09. The smallest absolute Gasteiger partial charge is 0.268 e. The van der Waals surface area contributed by atoms with Gasteiger partial charge in [0.15, 0.2) is 5.82 Å². The van der Waals surface area contributed by atoms with Crippen LogP contribution in [-0.4, -0.2) is 32.4 Å². The summed E-state index contributed by atoms with van der Waals surface area (Å²) < 4.78 is 10.2. The van der Waals surface area contributed by atoms with Crippen LogP contribution in [0.25, 0.3) is 22.4 Å². The number of methoxy groups -OCH3 is 1. The quantitative estimate of drug-likeness (QED) is 0.758. The van der Waals surface area contributed by atoms with Crippen LogP contribution >= 0.6 is 11.3 Å². The predicted molar refractivity (Wildman–Crippen MR) is 59.5 cm³/mol. The first-order valence-electron chi connectivity index (χ1n) is 4.69. The lowest BCUT2D eigenvalue weighted by Gasteiger charge is -1.88. The van der Waals surface area contributed by atoms with Crippen molar-refractivity contribution in [3.05, 3.63) is 17.8 Å². The van der Waals surface area contributed by atoms with Gasteiger partial charge < -0.3 is 9.26 Å². The molecule has 0 aliphatic rings. The maximum absolute atomic E-state index is 5.14. The van der Waals surface area contributed by atoms with Gasteiger partial charge in [-0.05, 0) is 0 Å². The SMILES string of the molecule is COc1csc(-c2nc(-c3ncn[nH]3)no2)c1. The van der Waals surface area contributed by atoms with E-state index in [1.165, 1.54) is 17.7 Å². The van der Waals surface area contributed by atoms with E-state index in [1.54, 1.807) is 7.11 Å². The molecular weight excluding hydrogens is 242 g/mol. The Morgan fingerprint density at radius 1 is 1.47 bits per heavy atom. The molecule has 0 radical (unpaired) electrons. The molecule has 3 aromatic heterocycles. The van der Waals surface area contributed by atoms with Crippen LogP contribution in [0, 0.1) is 0 Å². The van der Waals surface area contributed by atoms with Gasteiger partial charge in [-0.3, -0.25) is 5.10 Å². The van der Waals surface area contributed by atoms with Crippen molar-refractivity contribution in [1.29, 1.82) is 0 Å². The van der Waals surface area contributed by atoms with E-state index in [-0.39, 0.29) is 0 Å². The molecule has 0 amide bonds. The lowest BCUT2D eigenvalue weighted by atomic mass is 10.4. The molecule has 0 saturated carbocycles. The molecule has 0 aliphatic heterocycles. The average molecular weight is 249 g/mol. The summed E-state index contributed by atoms with van der Waals surface area (Å²) in [5.41, 5.74) is 0. The molecule has 0 aromatic carbocycles. The van der Waals surface area contributed by atoms with Crippen molar-refractivity contribution in [2.45, 2.75) is 0 Å². The Bertz CT molecular complexity index is 615. The van der Waals surface area contributed by atoms with Crippen LogP contribution in [0.2, 0.25) is 0 Å². The van der Waals surface area contributed by atoms with Gasteiger partial charge in [0.2, 0.25) is 5.82 Å². The third kappa shape index (κ3) is 1.78. The lowest BCUT2D eigenvalue weighted by Crippen LogP contribution is -1.82. The summed E-state index contributed by atoms with van der Waals surface area (Å²) in [6, 6.07) is 1.84. The van der Waals surface area contributed by atoms with Crippen molar-refractivity contribution in [3.63, 3.8) is 0 Å². The van der Waals surface area contributed by atoms with Crippen molar-refractivity contribution in [2.24, 2.45) is 0 Å². The predicted octanol–water partition coefficient (Wildman–Crippen LogP) is 1.59. The van der Waals surface area contributed by atoms with E-state index < -0.39 is 0 Å². The van der Waals surface area contributed by atoms with Crippen LogP contribution in [0.1, 0.15) is 0 Å². The Kier molecular flexibility index (Phi) is 2.33. The number of thiophene rings is 1. The van der Waals surface area contributed by atoms with Gasteiger partial charge in [-0.15, -0.1) is 11.3 Å². The molecule has 0 aliphatic carbocycles. The molecule has 17 heavy (non-hydrogen) atoms. The van der Waals surface area contributed by atoms with Crippen molar-refractivity contribution >= 4 is 11.3 Å². The second-order valence-corrected chi connectivity index (χ2v) is 4.02. The fourth-order valence-electron chi connectivity index (χ4n) is 1.27. The fourth-order valence-corrected chi connectivity index (χ4v) is 2.05. The summed E-state index contributed by atoms with van der Waals surface area (Å²) in [4.78, 5) is 9.00. The van der Waals surface area contributed by atoms with E-state index in [9.17, 15) is 0 Å². The molecule has 86 valence electrons. The summed E-state index contributed by atoms with van der Waals surface area (Å²) in [5.74, 6) is 2.06. The highest BCUT2D eigenvalue weighted by Gasteiger charge is 2.14. The van der Waals surface area contributed by atoms with Gasteiger partial charge in [0.05, 0.1) is 12.0 Å². The number of aromatic amines is 1. The standard InChI is InChI=1S/C9H7N5O2S/c1-15-5-2-6(17-3-5)9-12-8(14-16-9)7-10-4-11-13-7/h2-4H,1H3,(H,10,11,13). The molecule has 8 heteroatoms. The topological polar surface area (TPSA) is 89.7 Å². The number of hydrogen-bond acceptors (Lipinski definition) is 7. The monoisotopic (exact) mass is 249 g/mol. The molecule has 0 fully saturated rings. The summed E-state index contributed by atoms with van der Waals surface area (Å²) in [5, 5.41) is 12.1. The van der Waals surface area contributed by atoms with Crippen LogP contribution in [-0.2, 0) is 0 Å². The number of aromatic nitrogens is 5. The second kappa shape index (κ2) is 3.98. The van der Waals surface area contributed by atoms with Crippen LogP contribution in [0.3, 0.4) is 0 Å². The van der Waals surface area contributed by atoms with Crippen LogP contribution < -0.4 is 4.74 Å². The van der Waals surface area contributed by atoms with E-state index in [1.807, 2.05) is 11.4 Å². The molecule has 3 aromatic rings. The molecule has 3 rings (SSSR count). The molecule has 0 spiro atoms. The molecule has 0 bridgehead atoms. The number of nitrogens with one attached hydrogen (secondary N) is 1. The molecule has 3 heterocycles. The van der Waals surface area contributed by atoms with E-state index in [0.29, 0.717) is 17.5 Å². The van der Waals surface area contributed by atoms with E-state index in [2.05, 4.69) is 25.3 Å². The number of nitrogens with zero attached hydrogens (tertiary/aromatic N) is 4. The first-order valence-corrected chi connectivity index (χ1v) is 5.57. The number of hydrogen-bond donors (Lipinski definition) is 1. The number of H-pyrrole nitrogens is 1. The Hall–Kier alpha value is -2.22. The number of ether oxygens (including phenoxy) is 1. The van der Waals surface area contributed by atoms with Gasteiger partial charge in [-0.1, -0.05) is 5.16 Å². The lowest BCUT2D eigenvalue weighted by molar-refractivity contribution is 0.415. The third-order valence-electron chi connectivity index (χ3n) is 2.07. The first kappa shape index (κ1) is 9.97. The largest absolute Gasteiger partial charge is 0.496 e. The molecule has 0 saturated heterocycles. The highest BCUT2D eigenvalue weighted by molar-refractivity contribution is 7.13. The van der Waals surface area contributed by atoms with Crippen LogP contribution in [0.5, 0.6) is 5.75 Å². The molecule has 0 atom stereocenters. The zero-order valence-electron chi connectivity index (χ0n) is 8.75. The Morgan fingerprint density at radius 3 is 3.12 bits per heavy atom. The van der Waals surface area contributed by atoms with Crippen LogP contribution in [0.4, 0.5) is 0 Å².